The van der Waals surface area contributed by atoms with Gasteiger partial charge in [0.2, 0.25) is 0 Å². The summed E-state index contributed by atoms with van der Waals surface area (Å²) < 4.78 is 18.8. The lowest BCUT2D eigenvalue weighted by Gasteiger charge is -2.21. The van der Waals surface area contributed by atoms with Crippen LogP contribution in [0.2, 0.25) is 0 Å². The van der Waals surface area contributed by atoms with Crippen molar-refractivity contribution < 1.29 is 13.9 Å². The lowest BCUT2D eigenvalue weighted by Crippen LogP contribution is -2.31. The second-order valence-corrected chi connectivity index (χ2v) is 6.86. The van der Waals surface area contributed by atoms with Crippen molar-refractivity contribution in [3.63, 3.8) is 0 Å². The highest BCUT2D eigenvalue weighted by atomic mass is 19.1. The molecule has 0 fully saturated rings. The SMILES string of the molecule is CC(C)Oc1ccc(C(=O)NC(CCN(C)C)c2ccc(F)cc2)cc1. The van der Waals surface area contributed by atoms with Crippen LogP contribution in [0.5, 0.6) is 5.75 Å². The molecule has 0 heterocycles. The minimum Gasteiger partial charge on any atom is -0.491 e. The highest BCUT2D eigenvalue weighted by Crippen LogP contribution is 2.19. The standard InChI is InChI=1S/C21H27FN2O2/c1-15(2)26-19-11-7-17(8-12-19)21(25)23-20(13-14-24(3)4)16-5-9-18(22)10-6-16/h5-12,15,20H,13-14H2,1-4H3,(H,23,25). The fraction of sp³-hybridized carbons (Fsp3) is 0.381. The molecule has 0 spiro atoms. The molecule has 1 atom stereocenters. The summed E-state index contributed by atoms with van der Waals surface area (Å²) >= 11 is 0. The number of nitrogens with one attached hydrogen (secondary N) is 1. The second kappa shape index (κ2) is 9.34. The first-order valence-electron chi connectivity index (χ1n) is 8.83. The largest absolute Gasteiger partial charge is 0.491 e. The predicted molar refractivity (Wildman–Crippen MR) is 102 cm³/mol. The molecule has 0 aliphatic heterocycles. The van der Waals surface area contributed by atoms with Gasteiger partial charge in [0.25, 0.3) is 5.91 Å². The molecule has 5 heteroatoms. The predicted octanol–water partition coefficient (Wildman–Crippen LogP) is 4.04. The van der Waals surface area contributed by atoms with E-state index in [9.17, 15) is 9.18 Å². The van der Waals surface area contributed by atoms with Crippen LogP contribution in [0.4, 0.5) is 4.39 Å². The van der Waals surface area contributed by atoms with Crippen molar-refractivity contribution in [2.24, 2.45) is 0 Å². The molecule has 1 unspecified atom stereocenters. The number of hydrogen-bond donors (Lipinski definition) is 1. The molecule has 1 N–H and O–H groups in total. The first-order chi connectivity index (χ1) is 12.3. The Kier molecular flexibility index (Phi) is 7.16. The number of carbonyl (C=O) groups excluding carboxylic acids is 1. The van der Waals surface area contributed by atoms with Gasteiger partial charge in [-0.3, -0.25) is 4.79 Å². The number of ether oxygens (including phenoxy) is 1. The highest BCUT2D eigenvalue weighted by Gasteiger charge is 2.16. The van der Waals surface area contributed by atoms with Crippen LogP contribution in [0.3, 0.4) is 0 Å². The fourth-order valence-electron chi connectivity index (χ4n) is 2.60. The Morgan fingerprint density at radius 3 is 2.23 bits per heavy atom. The van der Waals surface area contributed by atoms with Gasteiger partial charge < -0.3 is 15.0 Å². The monoisotopic (exact) mass is 358 g/mol. The number of benzene rings is 2. The van der Waals surface area contributed by atoms with Gasteiger partial charge in [-0.2, -0.15) is 0 Å². The topological polar surface area (TPSA) is 41.6 Å². The van der Waals surface area contributed by atoms with Crippen molar-refractivity contribution in [2.45, 2.75) is 32.4 Å². The van der Waals surface area contributed by atoms with Crippen molar-refractivity contribution >= 4 is 5.91 Å². The molecule has 2 aromatic carbocycles. The first-order valence-corrected chi connectivity index (χ1v) is 8.83. The normalized spacial score (nSPS) is 12.3. The van der Waals surface area contributed by atoms with E-state index in [2.05, 4.69) is 10.2 Å². The third-order valence-corrected chi connectivity index (χ3v) is 3.93. The van der Waals surface area contributed by atoms with Crippen LogP contribution in [0, 0.1) is 5.82 Å². The Bertz CT molecular complexity index is 697. The minimum absolute atomic E-state index is 0.0866. The highest BCUT2D eigenvalue weighted by molar-refractivity contribution is 5.94. The molecule has 1 amide bonds. The molecule has 26 heavy (non-hydrogen) atoms. The number of nitrogens with zero attached hydrogens (tertiary/aromatic N) is 1. The van der Waals surface area contributed by atoms with Gasteiger partial charge in [0, 0.05) is 5.56 Å². The number of halogens is 1. The zero-order valence-corrected chi connectivity index (χ0v) is 15.8. The quantitative estimate of drug-likeness (QED) is 0.774. The van der Waals surface area contributed by atoms with Crippen LogP contribution in [0.1, 0.15) is 42.2 Å². The Hall–Kier alpha value is -2.40. The third-order valence-electron chi connectivity index (χ3n) is 3.93. The van der Waals surface area contributed by atoms with E-state index in [0.717, 1.165) is 24.3 Å². The summed E-state index contributed by atoms with van der Waals surface area (Å²) in [4.78, 5) is 14.7. The summed E-state index contributed by atoms with van der Waals surface area (Å²) in [6.45, 7) is 4.72. The summed E-state index contributed by atoms with van der Waals surface area (Å²) in [6.07, 6.45) is 0.822. The lowest BCUT2D eigenvalue weighted by atomic mass is 10.0. The van der Waals surface area contributed by atoms with Gasteiger partial charge in [0.15, 0.2) is 0 Å². The number of carbonyl (C=O) groups is 1. The Morgan fingerprint density at radius 2 is 1.69 bits per heavy atom. The smallest absolute Gasteiger partial charge is 0.251 e. The molecule has 4 nitrogen and oxygen atoms in total. The zero-order chi connectivity index (χ0) is 19.1. The van der Waals surface area contributed by atoms with Crippen molar-refractivity contribution in [1.29, 1.82) is 0 Å². The van der Waals surface area contributed by atoms with Crippen LogP contribution >= 0.6 is 0 Å². The maximum absolute atomic E-state index is 13.2. The van der Waals surface area contributed by atoms with E-state index in [1.807, 2.05) is 27.9 Å². The molecule has 0 saturated heterocycles. The summed E-state index contributed by atoms with van der Waals surface area (Å²) in [5.41, 5.74) is 1.46. The Morgan fingerprint density at radius 1 is 1.08 bits per heavy atom. The van der Waals surface area contributed by atoms with Gasteiger partial charge in [0.05, 0.1) is 12.1 Å². The first kappa shape index (κ1) is 19.9. The summed E-state index contributed by atoms with van der Waals surface area (Å²) in [7, 11) is 3.97. The Balaban J connectivity index is 2.10. The van der Waals surface area contributed by atoms with Gasteiger partial charge in [-0.15, -0.1) is 0 Å². The number of rotatable bonds is 8. The molecule has 140 valence electrons. The maximum atomic E-state index is 13.2. The fourth-order valence-corrected chi connectivity index (χ4v) is 2.60. The maximum Gasteiger partial charge on any atom is 0.251 e. The molecule has 2 aromatic rings. The van der Waals surface area contributed by atoms with E-state index in [0.29, 0.717) is 5.56 Å². The molecule has 2 rings (SSSR count). The van der Waals surface area contributed by atoms with Gasteiger partial charge in [-0.1, -0.05) is 12.1 Å². The molecular formula is C21H27FN2O2. The van der Waals surface area contributed by atoms with Gasteiger partial charge in [0.1, 0.15) is 11.6 Å². The second-order valence-electron chi connectivity index (χ2n) is 6.86. The third kappa shape index (κ3) is 6.15. The van der Waals surface area contributed by atoms with Crippen LogP contribution in [0.25, 0.3) is 0 Å². The summed E-state index contributed by atoms with van der Waals surface area (Å²) in [5, 5.41) is 3.06. The summed E-state index contributed by atoms with van der Waals surface area (Å²) in [6, 6.07) is 13.2. The van der Waals surface area contributed by atoms with E-state index < -0.39 is 0 Å². The van der Waals surface area contributed by atoms with Crippen LogP contribution in [-0.2, 0) is 0 Å². The van der Waals surface area contributed by atoms with Crippen molar-refractivity contribution in [3.05, 3.63) is 65.5 Å². The lowest BCUT2D eigenvalue weighted by molar-refractivity contribution is 0.0932. The van der Waals surface area contributed by atoms with Crippen molar-refractivity contribution in [2.75, 3.05) is 20.6 Å². The van der Waals surface area contributed by atoms with E-state index in [1.165, 1.54) is 12.1 Å². The number of amides is 1. The Labute approximate surface area is 155 Å². The van der Waals surface area contributed by atoms with Crippen LogP contribution in [0.15, 0.2) is 48.5 Å². The van der Waals surface area contributed by atoms with E-state index >= 15 is 0 Å². The number of hydrogen-bond acceptors (Lipinski definition) is 3. The zero-order valence-electron chi connectivity index (χ0n) is 15.8. The minimum atomic E-state index is -0.285. The van der Waals surface area contributed by atoms with Gasteiger partial charge >= 0.3 is 0 Å². The van der Waals surface area contributed by atoms with Crippen LogP contribution in [-0.4, -0.2) is 37.6 Å². The molecule has 0 aliphatic rings. The molecule has 0 bridgehead atoms. The molecular weight excluding hydrogens is 331 g/mol. The molecule has 0 aromatic heterocycles. The van der Waals surface area contributed by atoms with Crippen molar-refractivity contribution in [3.8, 4) is 5.75 Å². The average Bonchev–Trinajstić information content (AvgIpc) is 2.59. The summed E-state index contributed by atoms with van der Waals surface area (Å²) in [5.74, 6) is 0.292. The van der Waals surface area contributed by atoms with E-state index in [1.54, 1.807) is 36.4 Å². The average molecular weight is 358 g/mol. The van der Waals surface area contributed by atoms with Crippen molar-refractivity contribution in [1.82, 2.24) is 10.2 Å². The molecule has 0 radical (unpaired) electrons. The molecule has 0 aliphatic carbocycles. The van der Waals surface area contributed by atoms with Gasteiger partial charge in [-0.25, -0.2) is 4.39 Å². The van der Waals surface area contributed by atoms with Gasteiger partial charge in [-0.05, 0) is 82.9 Å². The molecule has 0 saturated carbocycles. The van der Waals surface area contributed by atoms with E-state index in [-0.39, 0.29) is 23.9 Å². The van der Waals surface area contributed by atoms with E-state index in [4.69, 9.17) is 4.74 Å². The van der Waals surface area contributed by atoms with Crippen LogP contribution < -0.4 is 10.1 Å².